The maximum absolute atomic E-state index is 6.06. The van der Waals surface area contributed by atoms with E-state index < -0.39 is 0 Å². The van der Waals surface area contributed by atoms with Crippen molar-refractivity contribution in [2.24, 2.45) is 0 Å². The molecule has 1 unspecified atom stereocenters. The van der Waals surface area contributed by atoms with Crippen LogP contribution in [0.1, 0.15) is 18.0 Å². The van der Waals surface area contributed by atoms with Gasteiger partial charge in [0.1, 0.15) is 5.75 Å². The van der Waals surface area contributed by atoms with Crippen molar-refractivity contribution in [2.45, 2.75) is 12.5 Å². The number of rotatable bonds is 5. The Morgan fingerprint density at radius 1 is 1.53 bits per heavy atom. The van der Waals surface area contributed by atoms with E-state index in [1.165, 1.54) is 0 Å². The molecule has 1 aromatic carbocycles. The Bertz CT molecular complexity index is 319. The first-order valence-corrected chi connectivity index (χ1v) is 5.85. The first kappa shape index (κ1) is 12.7. The van der Waals surface area contributed by atoms with Crippen LogP contribution >= 0.6 is 24.2 Å². The highest BCUT2D eigenvalue weighted by atomic mass is 35.5. The molecule has 1 N–H and O–H groups in total. The normalized spacial score (nSPS) is 12.5. The second-order valence-electron chi connectivity index (χ2n) is 3.25. The molecule has 4 heteroatoms. The molecular formula is C11H16ClNOS. The van der Waals surface area contributed by atoms with Crippen molar-refractivity contribution in [1.82, 2.24) is 5.32 Å². The fourth-order valence-electron chi connectivity index (χ4n) is 1.51. The van der Waals surface area contributed by atoms with Gasteiger partial charge in [-0.15, -0.1) is 0 Å². The molecule has 0 saturated heterocycles. The van der Waals surface area contributed by atoms with E-state index in [0.717, 1.165) is 17.7 Å². The van der Waals surface area contributed by atoms with Crippen LogP contribution in [0.4, 0.5) is 0 Å². The van der Waals surface area contributed by atoms with Gasteiger partial charge in [-0.25, -0.2) is 0 Å². The molecule has 84 valence electrons. The number of methoxy groups -OCH3 is 1. The predicted molar refractivity (Wildman–Crippen MR) is 68.3 cm³/mol. The van der Waals surface area contributed by atoms with Crippen molar-refractivity contribution < 1.29 is 4.74 Å². The van der Waals surface area contributed by atoms with Gasteiger partial charge in [-0.05, 0) is 36.9 Å². The number of ether oxygens (including phenoxy) is 1. The van der Waals surface area contributed by atoms with E-state index in [4.69, 9.17) is 16.3 Å². The van der Waals surface area contributed by atoms with Crippen molar-refractivity contribution in [2.75, 3.05) is 19.9 Å². The van der Waals surface area contributed by atoms with Crippen LogP contribution in [0.5, 0.6) is 5.75 Å². The fraction of sp³-hybridized carbons (Fsp3) is 0.455. The zero-order chi connectivity index (χ0) is 11.3. The summed E-state index contributed by atoms with van der Waals surface area (Å²) >= 11 is 10.3. The highest BCUT2D eigenvalue weighted by molar-refractivity contribution is 7.80. The lowest BCUT2D eigenvalue weighted by Crippen LogP contribution is -2.16. The van der Waals surface area contributed by atoms with Gasteiger partial charge in [0, 0.05) is 6.04 Å². The number of nitrogens with one attached hydrogen (secondary N) is 1. The molecular weight excluding hydrogens is 230 g/mol. The molecule has 0 aliphatic rings. The van der Waals surface area contributed by atoms with Gasteiger partial charge >= 0.3 is 0 Å². The Balaban J connectivity index is 2.89. The summed E-state index contributed by atoms with van der Waals surface area (Å²) in [4.78, 5) is 0. The van der Waals surface area contributed by atoms with E-state index in [9.17, 15) is 0 Å². The standard InChI is InChI=1S/C11H16ClNOS/c1-13-10(5-6-15)8-3-4-11(14-2)9(12)7-8/h3-4,7,10,13,15H,5-6H2,1-2H3. The van der Waals surface area contributed by atoms with Gasteiger partial charge in [-0.1, -0.05) is 17.7 Å². The van der Waals surface area contributed by atoms with Gasteiger partial charge in [0.05, 0.1) is 12.1 Å². The fourth-order valence-corrected chi connectivity index (χ4v) is 2.03. The van der Waals surface area contributed by atoms with Gasteiger partial charge in [0.15, 0.2) is 0 Å². The molecule has 0 radical (unpaired) electrons. The smallest absolute Gasteiger partial charge is 0.137 e. The average Bonchev–Trinajstić information content (AvgIpc) is 2.25. The first-order valence-electron chi connectivity index (χ1n) is 4.84. The van der Waals surface area contributed by atoms with Crippen LogP contribution < -0.4 is 10.1 Å². The molecule has 0 bridgehead atoms. The van der Waals surface area contributed by atoms with Crippen LogP contribution in [0.2, 0.25) is 5.02 Å². The molecule has 0 aliphatic carbocycles. The molecule has 0 heterocycles. The second kappa shape index (κ2) is 6.26. The highest BCUT2D eigenvalue weighted by Gasteiger charge is 2.10. The van der Waals surface area contributed by atoms with E-state index in [1.807, 2.05) is 25.2 Å². The summed E-state index contributed by atoms with van der Waals surface area (Å²) in [5.74, 6) is 1.55. The van der Waals surface area contributed by atoms with Gasteiger partial charge in [-0.2, -0.15) is 12.6 Å². The second-order valence-corrected chi connectivity index (χ2v) is 4.10. The molecule has 2 nitrogen and oxygen atoms in total. The van der Waals surface area contributed by atoms with E-state index >= 15 is 0 Å². The Kier molecular flexibility index (Phi) is 5.29. The zero-order valence-corrected chi connectivity index (χ0v) is 10.6. The summed E-state index contributed by atoms with van der Waals surface area (Å²) < 4.78 is 5.11. The topological polar surface area (TPSA) is 21.3 Å². The summed E-state index contributed by atoms with van der Waals surface area (Å²) in [6.45, 7) is 0. The molecule has 0 fully saturated rings. The third kappa shape index (κ3) is 3.30. The number of hydrogen-bond acceptors (Lipinski definition) is 3. The number of benzene rings is 1. The monoisotopic (exact) mass is 245 g/mol. The van der Waals surface area contributed by atoms with E-state index in [0.29, 0.717) is 16.8 Å². The van der Waals surface area contributed by atoms with Crippen molar-refractivity contribution in [3.63, 3.8) is 0 Å². The minimum Gasteiger partial charge on any atom is -0.495 e. The molecule has 0 saturated carbocycles. The van der Waals surface area contributed by atoms with Crippen LogP contribution in [0, 0.1) is 0 Å². The summed E-state index contributed by atoms with van der Waals surface area (Å²) in [5.41, 5.74) is 1.16. The molecule has 1 aromatic rings. The highest BCUT2D eigenvalue weighted by Crippen LogP contribution is 2.28. The van der Waals surface area contributed by atoms with Gasteiger partial charge in [0.25, 0.3) is 0 Å². The maximum atomic E-state index is 6.06. The predicted octanol–water partition coefficient (Wildman–Crippen LogP) is 2.93. The molecule has 0 spiro atoms. The van der Waals surface area contributed by atoms with Crippen molar-refractivity contribution in [3.8, 4) is 5.75 Å². The van der Waals surface area contributed by atoms with E-state index in [-0.39, 0.29) is 0 Å². The summed E-state index contributed by atoms with van der Waals surface area (Å²) in [5, 5.41) is 3.88. The van der Waals surface area contributed by atoms with Crippen LogP contribution in [-0.2, 0) is 0 Å². The minimum atomic E-state index is 0.297. The third-order valence-corrected chi connectivity index (χ3v) is 2.90. The van der Waals surface area contributed by atoms with Crippen LogP contribution in [-0.4, -0.2) is 19.9 Å². The van der Waals surface area contributed by atoms with Gasteiger partial charge in [0.2, 0.25) is 0 Å². The molecule has 1 atom stereocenters. The number of halogens is 1. The van der Waals surface area contributed by atoms with Crippen LogP contribution in [0.25, 0.3) is 0 Å². The number of thiol groups is 1. The van der Waals surface area contributed by atoms with E-state index in [1.54, 1.807) is 7.11 Å². The summed E-state index contributed by atoms with van der Waals surface area (Å²) in [6.07, 6.45) is 0.974. The summed E-state index contributed by atoms with van der Waals surface area (Å²) in [7, 11) is 3.55. The van der Waals surface area contributed by atoms with Crippen molar-refractivity contribution in [3.05, 3.63) is 28.8 Å². The maximum Gasteiger partial charge on any atom is 0.137 e. The third-order valence-electron chi connectivity index (χ3n) is 2.34. The lowest BCUT2D eigenvalue weighted by molar-refractivity contribution is 0.414. The van der Waals surface area contributed by atoms with E-state index in [2.05, 4.69) is 17.9 Å². The molecule has 0 aromatic heterocycles. The molecule has 15 heavy (non-hydrogen) atoms. The minimum absolute atomic E-state index is 0.297. The summed E-state index contributed by atoms with van der Waals surface area (Å²) in [6, 6.07) is 6.15. The molecule has 0 aliphatic heterocycles. The molecule has 0 amide bonds. The van der Waals surface area contributed by atoms with Crippen LogP contribution in [0.15, 0.2) is 18.2 Å². The Labute approximate surface area is 101 Å². The first-order chi connectivity index (χ1) is 7.22. The zero-order valence-electron chi connectivity index (χ0n) is 8.96. The van der Waals surface area contributed by atoms with Gasteiger partial charge < -0.3 is 10.1 Å². The lowest BCUT2D eigenvalue weighted by atomic mass is 10.0. The Morgan fingerprint density at radius 3 is 2.73 bits per heavy atom. The molecule has 1 rings (SSSR count). The van der Waals surface area contributed by atoms with Crippen molar-refractivity contribution >= 4 is 24.2 Å². The Hall–Kier alpha value is -0.380. The van der Waals surface area contributed by atoms with Crippen LogP contribution in [0.3, 0.4) is 0 Å². The van der Waals surface area contributed by atoms with Crippen molar-refractivity contribution in [1.29, 1.82) is 0 Å². The quantitative estimate of drug-likeness (QED) is 0.779. The SMILES string of the molecule is CNC(CCS)c1ccc(OC)c(Cl)c1. The lowest BCUT2D eigenvalue weighted by Gasteiger charge is -2.16. The number of hydrogen-bond donors (Lipinski definition) is 2. The van der Waals surface area contributed by atoms with Gasteiger partial charge in [-0.3, -0.25) is 0 Å². The largest absolute Gasteiger partial charge is 0.495 e. The average molecular weight is 246 g/mol. The Morgan fingerprint density at radius 2 is 2.27 bits per heavy atom.